The number of aryl methyl sites for hydroxylation is 3. The quantitative estimate of drug-likeness (QED) is 0.919. The van der Waals surface area contributed by atoms with Gasteiger partial charge in [-0.15, -0.1) is 11.3 Å². The van der Waals surface area contributed by atoms with Crippen LogP contribution in [0.2, 0.25) is 0 Å². The Morgan fingerprint density at radius 1 is 1.25 bits per heavy atom. The Hall–Kier alpha value is -1.23. The average molecular weight is 288 g/mol. The first kappa shape index (κ1) is 13.7. The molecule has 1 aromatic carbocycles. The highest BCUT2D eigenvalue weighted by Crippen LogP contribution is 2.32. The largest absolute Gasteiger partial charge is 0.368 e. The van der Waals surface area contributed by atoms with E-state index in [4.69, 9.17) is 9.72 Å². The van der Waals surface area contributed by atoms with E-state index in [1.165, 1.54) is 22.3 Å². The van der Waals surface area contributed by atoms with Crippen molar-refractivity contribution in [3.63, 3.8) is 0 Å². The van der Waals surface area contributed by atoms with Crippen molar-refractivity contribution in [1.29, 1.82) is 0 Å². The molecular formula is C16H20N2OS. The Kier molecular flexibility index (Phi) is 3.87. The van der Waals surface area contributed by atoms with Gasteiger partial charge in [0.1, 0.15) is 11.1 Å². The summed E-state index contributed by atoms with van der Waals surface area (Å²) in [5.41, 5.74) is 6.24. The van der Waals surface area contributed by atoms with Crippen molar-refractivity contribution >= 4 is 11.3 Å². The van der Waals surface area contributed by atoms with E-state index in [1.54, 1.807) is 11.3 Å². The number of benzene rings is 1. The molecule has 3 rings (SSSR count). The maximum absolute atomic E-state index is 5.78. The molecular weight excluding hydrogens is 268 g/mol. The third kappa shape index (κ3) is 2.64. The number of aromatic nitrogens is 1. The fraction of sp³-hybridized carbons (Fsp3) is 0.438. The monoisotopic (exact) mass is 288 g/mol. The van der Waals surface area contributed by atoms with Crippen molar-refractivity contribution in [3.8, 4) is 11.3 Å². The fourth-order valence-electron chi connectivity index (χ4n) is 2.86. The van der Waals surface area contributed by atoms with Crippen LogP contribution in [0.15, 0.2) is 17.5 Å². The first-order valence-electron chi connectivity index (χ1n) is 7.01. The minimum Gasteiger partial charge on any atom is -0.368 e. The van der Waals surface area contributed by atoms with Crippen molar-refractivity contribution in [2.45, 2.75) is 26.9 Å². The zero-order valence-electron chi connectivity index (χ0n) is 12.2. The zero-order chi connectivity index (χ0) is 14.1. The van der Waals surface area contributed by atoms with Gasteiger partial charge in [-0.2, -0.15) is 0 Å². The van der Waals surface area contributed by atoms with Gasteiger partial charge in [-0.3, -0.25) is 0 Å². The summed E-state index contributed by atoms with van der Waals surface area (Å²) in [5.74, 6) is 0. The van der Waals surface area contributed by atoms with Crippen LogP contribution in [0.1, 0.15) is 27.8 Å². The van der Waals surface area contributed by atoms with Gasteiger partial charge in [0.05, 0.1) is 12.3 Å². The Labute approximate surface area is 124 Å². The molecule has 106 valence electrons. The lowest BCUT2D eigenvalue weighted by molar-refractivity contribution is 0.0276. The third-order valence-electron chi connectivity index (χ3n) is 3.66. The van der Waals surface area contributed by atoms with Gasteiger partial charge >= 0.3 is 0 Å². The van der Waals surface area contributed by atoms with Crippen molar-refractivity contribution in [2.24, 2.45) is 0 Å². The second-order valence-corrected chi connectivity index (χ2v) is 6.30. The van der Waals surface area contributed by atoms with Gasteiger partial charge in [-0.05, 0) is 31.9 Å². The SMILES string of the molecule is Cc1cc(C)c(-c2csc(C3CNCCO3)n2)c(C)c1. The number of rotatable bonds is 2. The molecule has 0 amide bonds. The maximum Gasteiger partial charge on any atom is 0.124 e. The molecule has 1 unspecified atom stereocenters. The molecule has 1 aromatic heterocycles. The van der Waals surface area contributed by atoms with E-state index < -0.39 is 0 Å². The van der Waals surface area contributed by atoms with Gasteiger partial charge < -0.3 is 10.1 Å². The molecule has 1 fully saturated rings. The Morgan fingerprint density at radius 2 is 2.00 bits per heavy atom. The summed E-state index contributed by atoms with van der Waals surface area (Å²) in [6.45, 7) is 9.02. The van der Waals surface area contributed by atoms with E-state index in [1.807, 2.05) is 0 Å². The predicted octanol–water partition coefficient (Wildman–Crippen LogP) is 3.40. The van der Waals surface area contributed by atoms with E-state index in [0.717, 1.165) is 30.4 Å². The number of nitrogens with zero attached hydrogens (tertiary/aromatic N) is 1. The smallest absolute Gasteiger partial charge is 0.124 e. The maximum atomic E-state index is 5.78. The molecule has 1 atom stereocenters. The minimum absolute atomic E-state index is 0.105. The highest BCUT2D eigenvalue weighted by molar-refractivity contribution is 7.10. The number of hydrogen-bond acceptors (Lipinski definition) is 4. The molecule has 4 heteroatoms. The highest BCUT2D eigenvalue weighted by atomic mass is 32.1. The zero-order valence-corrected chi connectivity index (χ0v) is 13.0. The minimum atomic E-state index is 0.105. The lowest BCUT2D eigenvalue weighted by Gasteiger charge is -2.21. The van der Waals surface area contributed by atoms with E-state index in [0.29, 0.717) is 0 Å². The number of nitrogens with one attached hydrogen (secondary N) is 1. The van der Waals surface area contributed by atoms with Gasteiger partial charge in [0.25, 0.3) is 0 Å². The molecule has 2 heterocycles. The van der Waals surface area contributed by atoms with Crippen molar-refractivity contribution in [3.05, 3.63) is 39.2 Å². The number of morpholine rings is 1. The van der Waals surface area contributed by atoms with Crippen LogP contribution >= 0.6 is 11.3 Å². The molecule has 0 bridgehead atoms. The van der Waals surface area contributed by atoms with Crippen LogP contribution < -0.4 is 5.32 Å². The highest BCUT2D eigenvalue weighted by Gasteiger charge is 2.20. The molecule has 1 saturated heterocycles. The van der Waals surface area contributed by atoms with Gasteiger partial charge in [0, 0.05) is 24.0 Å². The Balaban J connectivity index is 1.94. The number of ether oxygens (including phenoxy) is 1. The van der Waals surface area contributed by atoms with Crippen molar-refractivity contribution in [2.75, 3.05) is 19.7 Å². The summed E-state index contributed by atoms with van der Waals surface area (Å²) < 4.78 is 5.78. The van der Waals surface area contributed by atoms with Gasteiger partial charge in [0.2, 0.25) is 0 Å². The number of thiazole rings is 1. The van der Waals surface area contributed by atoms with Crippen LogP contribution in [0.4, 0.5) is 0 Å². The Morgan fingerprint density at radius 3 is 2.65 bits per heavy atom. The summed E-state index contributed by atoms with van der Waals surface area (Å²) in [7, 11) is 0. The first-order valence-corrected chi connectivity index (χ1v) is 7.89. The van der Waals surface area contributed by atoms with Crippen LogP contribution in [0.3, 0.4) is 0 Å². The molecule has 0 saturated carbocycles. The summed E-state index contributed by atoms with van der Waals surface area (Å²) in [6, 6.07) is 4.44. The van der Waals surface area contributed by atoms with Crippen LogP contribution in [0, 0.1) is 20.8 Å². The van der Waals surface area contributed by atoms with E-state index in [-0.39, 0.29) is 6.10 Å². The lowest BCUT2D eigenvalue weighted by Crippen LogP contribution is -2.33. The molecule has 2 aromatic rings. The van der Waals surface area contributed by atoms with E-state index in [9.17, 15) is 0 Å². The summed E-state index contributed by atoms with van der Waals surface area (Å²) in [5, 5.41) is 6.58. The molecule has 3 nitrogen and oxygen atoms in total. The summed E-state index contributed by atoms with van der Waals surface area (Å²) in [6.07, 6.45) is 0.105. The van der Waals surface area contributed by atoms with Crippen LogP contribution in [0.5, 0.6) is 0 Å². The van der Waals surface area contributed by atoms with Gasteiger partial charge in [-0.1, -0.05) is 17.7 Å². The second kappa shape index (κ2) is 5.64. The number of hydrogen-bond donors (Lipinski definition) is 1. The molecule has 0 aliphatic carbocycles. The summed E-state index contributed by atoms with van der Waals surface area (Å²) in [4.78, 5) is 4.81. The molecule has 20 heavy (non-hydrogen) atoms. The molecule has 0 spiro atoms. The first-order chi connectivity index (χ1) is 9.65. The van der Waals surface area contributed by atoms with Gasteiger partial charge in [-0.25, -0.2) is 4.98 Å². The molecule has 1 N–H and O–H groups in total. The molecule has 1 aliphatic heterocycles. The van der Waals surface area contributed by atoms with Gasteiger partial charge in [0.15, 0.2) is 0 Å². The van der Waals surface area contributed by atoms with E-state index in [2.05, 4.69) is 43.6 Å². The molecule has 0 radical (unpaired) electrons. The topological polar surface area (TPSA) is 34.1 Å². The predicted molar refractivity (Wildman–Crippen MR) is 83.3 cm³/mol. The molecule has 1 aliphatic rings. The fourth-order valence-corrected chi connectivity index (χ4v) is 3.72. The summed E-state index contributed by atoms with van der Waals surface area (Å²) >= 11 is 1.70. The van der Waals surface area contributed by atoms with E-state index >= 15 is 0 Å². The van der Waals surface area contributed by atoms with Crippen molar-refractivity contribution in [1.82, 2.24) is 10.3 Å². The lowest BCUT2D eigenvalue weighted by atomic mass is 9.98. The van der Waals surface area contributed by atoms with Crippen LogP contribution in [0.25, 0.3) is 11.3 Å². The van der Waals surface area contributed by atoms with Crippen molar-refractivity contribution < 1.29 is 4.74 Å². The third-order valence-corrected chi connectivity index (χ3v) is 4.59. The van der Waals surface area contributed by atoms with Crippen LogP contribution in [-0.2, 0) is 4.74 Å². The van der Waals surface area contributed by atoms with Crippen LogP contribution in [-0.4, -0.2) is 24.7 Å². The Bertz CT molecular complexity index is 592. The second-order valence-electron chi connectivity index (χ2n) is 5.41. The standard InChI is InChI=1S/C16H20N2OS/c1-10-6-11(2)15(12(3)7-10)13-9-20-16(18-13)14-8-17-4-5-19-14/h6-7,9,14,17H,4-5,8H2,1-3H3. The average Bonchev–Trinajstić information content (AvgIpc) is 2.88. The normalized spacial score (nSPS) is 19.2.